The molecule has 3 heteroatoms. The Morgan fingerprint density at radius 3 is 2.72 bits per heavy atom. The first kappa shape index (κ1) is 13.4. The van der Waals surface area contributed by atoms with Crippen LogP contribution in [0.3, 0.4) is 0 Å². The molecule has 1 heterocycles. The van der Waals surface area contributed by atoms with Gasteiger partial charge in [-0.1, -0.05) is 12.1 Å². The van der Waals surface area contributed by atoms with Crippen molar-refractivity contribution in [2.75, 3.05) is 20.3 Å². The van der Waals surface area contributed by atoms with Gasteiger partial charge < -0.3 is 15.2 Å². The monoisotopic (exact) mass is 249 g/mol. The van der Waals surface area contributed by atoms with Crippen molar-refractivity contribution in [1.29, 1.82) is 0 Å². The standard InChI is InChI=1S/C15H23NO2/c1-17-14-5-3-13(4-6-14)7-9-15(16)8-2-11-18-12-10-15/h3-6H,2,7-12,16H2,1H3. The van der Waals surface area contributed by atoms with Crippen LogP contribution >= 0.6 is 0 Å². The summed E-state index contributed by atoms with van der Waals surface area (Å²) in [5, 5.41) is 0. The molecule has 0 spiro atoms. The predicted molar refractivity (Wildman–Crippen MR) is 72.9 cm³/mol. The number of methoxy groups -OCH3 is 1. The number of hydrogen-bond acceptors (Lipinski definition) is 3. The zero-order valence-corrected chi connectivity index (χ0v) is 11.2. The van der Waals surface area contributed by atoms with Gasteiger partial charge in [0.05, 0.1) is 7.11 Å². The van der Waals surface area contributed by atoms with Gasteiger partial charge in [-0.15, -0.1) is 0 Å². The van der Waals surface area contributed by atoms with Crippen LogP contribution < -0.4 is 10.5 Å². The summed E-state index contributed by atoms with van der Waals surface area (Å²) in [6, 6.07) is 8.26. The molecule has 100 valence electrons. The van der Waals surface area contributed by atoms with Crippen LogP contribution in [0.5, 0.6) is 5.75 Å². The highest BCUT2D eigenvalue weighted by atomic mass is 16.5. The van der Waals surface area contributed by atoms with E-state index in [2.05, 4.69) is 12.1 Å². The van der Waals surface area contributed by atoms with E-state index in [9.17, 15) is 0 Å². The second-order valence-electron chi connectivity index (χ2n) is 5.18. The van der Waals surface area contributed by atoms with E-state index in [0.717, 1.165) is 51.1 Å². The van der Waals surface area contributed by atoms with Crippen LogP contribution in [0.15, 0.2) is 24.3 Å². The number of benzene rings is 1. The summed E-state index contributed by atoms with van der Waals surface area (Å²) in [5.74, 6) is 0.907. The summed E-state index contributed by atoms with van der Waals surface area (Å²) in [6.07, 6.45) is 5.19. The molecule has 0 aromatic heterocycles. The third-order valence-corrected chi connectivity index (χ3v) is 3.78. The molecule has 0 saturated carbocycles. The Morgan fingerprint density at radius 2 is 2.00 bits per heavy atom. The molecular formula is C15H23NO2. The predicted octanol–water partition coefficient (Wildman–Crippen LogP) is 2.53. The molecule has 1 atom stereocenters. The molecule has 2 rings (SSSR count). The van der Waals surface area contributed by atoms with E-state index in [1.807, 2.05) is 12.1 Å². The number of hydrogen-bond donors (Lipinski definition) is 1. The van der Waals surface area contributed by atoms with E-state index >= 15 is 0 Å². The third-order valence-electron chi connectivity index (χ3n) is 3.78. The minimum absolute atomic E-state index is 0.0452. The van der Waals surface area contributed by atoms with E-state index in [0.29, 0.717) is 0 Å². The Labute approximate surface area is 109 Å². The van der Waals surface area contributed by atoms with Crippen molar-refractivity contribution in [2.24, 2.45) is 5.73 Å². The third kappa shape index (κ3) is 3.72. The van der Waals surface area contributed by atoms with Gasteiger partial charge in [0, 0.05) is 18.8 Å². The second-order valence-corrected chi connectivity index (χ2v) is 5.18. The zero-order chi connectivity index (χ0) is 12.8. The molecule has 2 N–H and O–H groups in total. The lowest BCUT2D eigenvalue weighted by Gasteiger charge is -2.27. The van der Waals surface area contributed by atoms with E-state index in [-0.39, 0.29) is 5.54 Å². The van der Waals surface area contributed by atoms with Gasteiger partial charge >= 0.3 is 0 Å². The Balaban J connectivity index is 1.88. The largest absolute Gasteiger partial charge is 0.497 e. The maximum atomic E-state index is 6.46. The summed E-state index contributed by atoms with van der Waals surface area (Å²) in [6.45, 7) is 1.67. The Morgan fingerprint density at radius 1 is 1.22 bits per heavy atom. The molecule has 1 saturated heterocycles. The summed E-state index contributed by atoms with van der Waals surface area (Å²) in [5.41, 5.74) is 7.74. The normalized spacial score (nSPS) is 24.6. The first-order chi connectivity index (χ1) is 8.72. The molecule has 1 aromatic carbocycles. The fraction of sp³-hybridized carbons (Fsp3) is 0.600. The van der Waals surface area contributed by atoms with Gasteiger partial charge in [0.15, 0.2) is 0 Å². The molecule has 1 fully saturated rings. The molecule has 0 radical (unpaired) electrons. The highest BCUT2D eigenvalue weighted by Crippen LogP contribution is 2.24. The summed E-state index contributed by atoms with van der Waals surface area (Å²) < 4.78 is 10.6. The van der Waals surface area contributed by atoms with Crippen LogP contribution in [0.2, 0.25) is 0 Å². The number of aryl methyl sites for hydroxylation is 1. The maximum Gasteiger partial charge on any atom is 0.118 e. The molecule has 1 aliphatic rings. The van der Waals surface area contributed by atoms with Gasteiger partial charge in [0.25, 0.3) is 0 Å². The van der Waals surface area contributed by atoms with E-state index in [1.165, 1.54) is 5.56 Å². The number of nitrogens with two attached hydrogens (primary N) is 1. The lowest BCUT2D eigenvalue weighted by Crippen LogP contribution is -2.40. The average molecular weight is 249 g/mol. The van der Waals surface area contributed by atoms with E-state index < -0.39 is 0 Å². The fourth-order valence-electron chi connectivity index (χ4n) is 2.46. The van der Waals surface area contributed by atoms with Crippen molar-refractivity contribution in [3.8, 4) is 5.75 Å². The summed E-state index contributed by atoms with van der Waals surface area (Å²) >= 11 is 0. The molecule has 18 heavy (non-hydrogen) atoms. The van der Waals surface area contributed by atoms with Gasteiger partial charge in [-0.2, -0.15) is 0 Å². The molecular weight excluding hydrogens is 226 g/mol. The van der Waals surface area contributed by atoms with Crippen LogP contribution in [-0.2, 0) is 11.2 Å². The fourth-order valence-corrected chi connectivity index (χ4v) is 2.46. The van der Waals surface area contributed by atoms with Crippen LogP contribution in [0.25, 0.3) is 0 Å². The molecule has 1 aliphatic heterocycles. The van der Waals surface area contributed by atoms with Gasteiger partial charge in [-0.05, 0) is 49.8 Å². The Kier molecular flexibility index (Phi) is 4.61. The van der Waals surface area contributed by atoms with Crippen LogP contribution in [-0.4, -0.2) is 25.9 Å². The topological polar surface area (TPSA) is 44.5 Å². The minimum atomic E-state index is -0.0452. The lowest BCUT2D eigenvalue weighted by atomic mass is 9.86. The van der Waals surface area contributed by atoms with Crippen molar-refractivity contribution in [2.45, 2.75) is 37.6 Å². The molecule has 0 bridgehead atoms. The first-order valence-electron chi connectivity index (χ1n) is 6.71. The van der Waals surface area contributed by atoms with Crippen molar-refractivity contribution in [3.05, 3.63) is 29.8 Å². The van der Waals surface area contributed by atoms with Crippen LogP contribution in [0, 0.1) is 0 Å². The molecule has 0 aliphatic carbocycles. The van der Waals surface area contributed by atoms with Crippen molar-refractivity contribution < 1.29 is 9.47 Å². The first-order valence-corrected chi connectivity index (χ1v) is 6.71. The molecule has 1 unspecified atom stereocenters. The molecule has 3 nitrogen and oxygen atoms in total. The van der Waals surface area contributed by atoms with Crippen molar-refractivity contribution in [3.63, 3.8) is 0 Å². The number of rotatable bonds is 4. The Hall–Kier alpha value is -1.06. The lowest BCUT2D eigenvalue weighted by molar-refractivity contribution is 0.139. The zero-order valence-electron chi connectivity index (χ0n) is 11.2. The van der Waals surface area contributed by atoms with Gasteiger partial charge in [0.1, 0.15) is 5.75 Å². The van der Waals surface area contributed by atoms with Crippen molar-refractivity contribution in [1.82, 2.24) is 0 Å². The van der Waals surface area contributed by atoms with Gasteiger partial charge in [0.2, 0.25) is 0 Å². The summed E-state index contributed by atoms with van der Waals surface area (Å²) in [4.78, 5) is 0. The second kappa shape index (κ2) is 6.21. The summed E-state index contributed by atoms with van der Waals surface area (Å²) in [7, 11) is 1.69. The maximum absolute atomic E-state index is 6.46. The van der Waals surface area contributed by atoms with Crippen LogP contribution in [0.1, 0.15) is 31.2 Å². The number of ether oxygens (including phenoxy) is 2. The van der Waals surface area contributed by atoms with Gasteiger partial charge in [-0.3, -0.25) is 0 Å². The average Bonchev–Trinajstić information content (AvgIpc) is 2.62. The van der Waals surface area contributed by atoms with E-state index in [4.69, 9.17) is 15.2 Å². The van der Waals surface area contributed by atoms with Crippen molar-refractivity contribution >= 4 is 0 Å². The molecule has 0 amide bonds. The smallest absolute Gasteiger partial charge is 0.118 e. The van der Waals surface area contributed by atoms with Crippen LogP contribution in [0.4, 0.5) is 0 Å². The highest BCUT2D eigenvalue weighted by molar-refractivity contribution is 5.27. The SMILES string of the molecule is COc1ccc(CCC2(N)CCCOCC2)cc1. The van der Waals surface area contributed by atoms with E-state index in [1.54, 1.807) is 7.11 Å². The minimum Gasteiger partial charge on any atom is -0.497 e. The highest BCUT2D eigenvalue weighted by Gasteiger charge is 2.25. The van der Waals surface area contributed by atoms with Gasteiger partial charge in [-0.25, -0.2) is 0 Å². The Bertz CT molecular complexity index is 353. The molecule has 1 aromatic rings. The quantitative estimate of drug-likeness (QED) is 0.891.